The molecule has 0 atom stereocenters. The van der Waals surface area contributed by atoms with Crippen molar-refractivity contribution < 1.29 is 14.5 Å². The first kappa shape index (κ1) is 30.6. The van der Waals surface area contributed by atoms with Crippen molar-refractivity contribution in [2.45, 2.75) is 96.8 Å². The molecule has 0 saturated carbocycles. The lowest BCUT2D eigenvalue weighted by Gasteiger charge is -2.10. The summed E-state index contributed by atoms with van der Waals surface area (Å²) in [6, 6.07) is 12.0. The minimum atomic E-state index is -0.661. The highest BCUT2D eigenvalue weighted by atomic mass is 16.6. The maximum absolute atomic E-state index is 13.1. The molecule has 3 rings (SSSR count). The molecule has 0 N–H and O–H groups in total. The summed E-state index contributed by atoms with van der Waals surface area (Å²) in [5.74, 6) is -0.638. The number of carbonyl (C=O) groups excluding carboxylic acids is 1. The molecular weight excluding hydrogens is 502 g/mol. The van der Waals surface area contributed by atoms with Crippen LogP contribution in [0.15, 0.2) is 30.3 Å². The maximum atomic E-state index is 13.1. The van der Waals surface area contributed by atoms with E-state index in [1.165, 1.54) is 70.6 Å². The summed E-state index contributed by atoms with van der Waals surface area (Å²) in [4.78, 5) is 24.4. The molecule has 1 aliphatic rings. The van der Waals surface area contributed by atoms with E-state index in [0.29, 0.717) is 16.3 Å². The van der Waals surface area contributed by atoms with Gasteiger partial charge in [0.05, 0.1) is 22.3 Å². The Bertz CT molecular complexity index is 1380. The van der Waals surface area contributed by atoms with Crippen LogP contribution in [-0.2, 0) is 4.74 Å². The van der Waals surface area contributed by atoms with Gasteiger partial charge in [-0.15, -0.1) is 0 Å². The molecule has 0 bridgehead atoms. The zero-order valence-electron chi connectivity index (χ0n) is 23.5. The molecule has 0 radical (unpaired) electrons. The maximum Gasteiger partial charge on any atom is 0.339 e. The van der Waals surface area contributed by atoms with Gasteiger partial charge in [-0.2, -0.15) is 10.5 Å². The number of hydrogen-bond donors (Lipinski definition) is 0. The molecule has 0 aromatic heterocycles. The number of non-ortho nitro benzene ring substituents is 1. The summed E-state index contributed by atoms with van der Waals surface area (Å²) in [6.45, 7) is 2.48. The molecule has 0 amide bonds. The molecular formula is C33H39N3O4. The third-order valence-electron chi connectivity index (χ3n) is 7.50. The van der Waals surface area contributed by atoms with Gasteiger partial charge in [-0.05, 0) is 28.8 Å². The SMILES string of the molecule is CCCCCCCCCCCCCCCCOC(=O)c1cc([N+](=O)[O-])c(=C(C#N)C#N)c2c1-c1ccccc1C=2. The van der Waals surface area contributed by atoms with Crippen molar-refractivity contribution in [1.82, 2.24) is 0 Å². The average molecular weight is 542 g/mol. The van der Waals surface area contributed by atoms with Gasteiger partial charge in [0.15, 0.2) is 0 Å². The van der Waals surface area contributed by atoms with Gasteiger partial charge in [0.1, 0.15) is 17.7 Å². The minimum Gasteiger partial charge on any atom is -0.462 e. The number of nitriles is 2. The van der Waals surface area contributed by atoms with Crippen LogP contribution in [-0.4, -0.2) is 17.5 Å². The summed E-state index contributed by atoms with van der Waals surface area (Å²) in [5.41, 5.74) is 1.19. The fourth-order valence-electron chi connectivity index (χ4n) is 5.37. The largest absolute Gasteiger partial charge is 0.462 e. The number of rotatable bonds is 17. The van der Waals surface area contributed by atoms with E-state index in [1.807, 2.05) is 24.3 Å². The van der Waals surface area contributed by atoms with Crippen molar-refractivity contribution in [3.05, 3.63) is 62.0 Å². The van der Waals surface area contributed by atoms with Crippen LogP contribution in [0.25, 0.3) is 22.8 Å². The fourth-order valence-corrected chi connectivity index (χ4v) is 5.37. The van der Waals surface area contributed by atoms with Gasteiger partial charge in [0.25, 0.3) is 5.69 Å². The van der Waals surface area contributed by atoms with Crippen LogP contribution in [0.4, 0.5) is 5.69 Å². The molecule has 0 saturated heterocycles. The molecule has 7 nitrogen and oxygen atoms in total. The Labute approximate surface area is 236 Å². The molecule has 2 aromatic carbocycles. The van der Waals surface area contributed by atoms with Crippen molar-refractivity contribution in [2.75, 3.05) is 6.61 Å². The van der Waals surface area contributed by atoms with Gasteiger partial charge in [0.2, 0.25) is 0 Å². The van der Waals surface area contributed by atoms with Gasteiger partial charge in [-0.3, -0.25) is 10.1 Å². The second kappa shape index (κ2) is 16.2. The Balaban J connectivity index is 1.54. The Morgan fingerprint density at radius 2 is 1.43 bits per heavy atom. The highest BCUT2D eigenvalue weighted by molar-refractivity contribution is 6.02. The van der Waals surface area contributed by atoms with Gasteiger partial charge in [-0.25, -0.2) is 4.79 Å². The summed E-state index contributed by atoms with van der Waals surface area (Å²) in [6.07, 6.45) is 18.9. The lowest BCUT2D eigenvalue weighted by atomic mass is 9.96. The first-order valence-electron chi connectivity index (χ1n) is 14.7. The molecule has 40 heavy (non-hydrogen) atoms. The first-order chi connectivity index (χ1) is 19.5. The minimum absolute atomic E-state index is 0.0651. The molecule has 0 heterocycles. The predicted molar refractivity (Wildman–Crippen MR) is 157 cm³/mol. The second-order valence-corrected chi connectivity index (χ2v) is 10.4. The number of nitro groups is 1. The van der Waals surface area contributed by atoms with Crippen molar-refractivity contribution in [1.29, 1.82) is 10.5 Å². The topological polar surface area (TPSA) is 117 Å². The van der Waals surface area contributed by atoms with Crippen LogP contribution in [0.5, 0.6) is 0 Å². The smallest absolute Gasteiger partial charge is 0.339 e. The Kier molecular flexibility index (Phi) is 12.4. The molecule has 2 aromatic rings. The first-order valence-corrected chi connectivity index (χ1v) is 14.7. The standard InChI is InChI=1S/C33H39N3O4/c1-2-3-4-5-6-7-8-9-10-11-12-13-14-17-20-40-33(37)29-22-30(36(38)39)31(26(23-34)24-35)28-21-25-18-15-16-19-27(25)32(28)29/h15-16,18-19,21-22H,2-14,17,20H2,1H3. The Hall–Kier alpha value is -3.97. The van der Waals surface area contributed by atoms with Crippen molar-refractivity contribution in [2.24, 2.45) is 0 Å². The number of benzene rings is 2. The third kappa shape index (κ3) is 8.02. The quantitative estimate of drug-likeness (QED) is 0.0769. The molecule has 0 unspecified atom stereocenters. The van der Waals surface area contributed by atoms with Crippen molar-refractivity contribution >= 4 is 23.3 Å². The van der Waals surface area contributed by atoms with Gasteiger partial charge in [0, 0.05) is 11.6 Å². The number of unbranched alkanes of at least 4 members (excludes halogenated alkanes) is 13. The number of esters is 1. The highest BCUT2D eigenvalue weighted by Gasteiger charge is 2.28. The number of ether oxygens (including phenoxy) is 1. The van der Waals surface area contributed by atoms with Crippen LogP contribution < -0.4 is 10.4 Å². The zero-order chi connectivity index (χ0) is 28.7. The fraction of sp³-hybridized carbons (Fsp3) is 0.485. The van der Waals surface area contributed by atoms with E-state index in [2.05, 4.69) is 6.92 Å². The van der Waals surface area contributed by atoms with E-state index in [4.69, 9.17) is 4.74 Å². The second-order valence-electron chi connectivity index (χ2n) is 10.4. The third-order valence-corrected chi connectivity index (χ3v) is 7.50. The summed E-state index contributed by atoms with van der Waals surface area (Å²) in [7, 11) is 0. The predicted octanol–water partition coefficient (Wildman–Crippen LogP) is 7.24. The molecule has 1 aliphatic carbocycles. The van der Waals surface area contributed by atoms with Gasteiger partial charge < -0.3 is 4.74 Å². The van der Waals surface area contributed by atoms with Crippen molar-refractivity contribution in [3.63, 3.8) is 0 Å². The lowest BCUT2D eigenvalue weighted by Crippen LogP contribution is -2.32. The highest BCUT2D eigenvalue weighted by Crippen LogP contribution is 2.30. The molecule has 0 spiro atoms. The number of carbonyl (C=O) groups is 1. The summed E-state index contributed by atoms with van der Waals surface area (Å²) < 4.78 is 5.55. The Morgan fingerprint density at radius 3 is 1.98 bits per heavy atom. The van der Waals surface area contributed by atoms with E-state index >= 15 is 0 Å². The molecule has 7 heteroatoms. The van der Waals surface area contributed by atoms with Gasteiger partial charge >= 0.3 is 5.97 Å². The van der Waals surface area contributed by atoms with E-state index in [0.717, 1.165) is 30.9 Å². The summed E-state index contributed by atoms with van der Waals surface area (Å²) >= 11 is 0. The zero-order valence-corrected chi connectivity index (χ0v) is 23.5. The van der Waals surface area contributed by atoms with Crippen LogP contribution in [0.1, 0.15) is 113 Å². The molecule has 0 aliphatic heterocycles. The Morgan fingerprint density at radius 1 is 0.875 bits per heavy atom. The van der Waals surface area contributed by atoms with Crippen LogP contribution in [0.2, 0.25) is 0 Å². The van der Waals surface area contributed by atoms with Crippen LogP contribution >= 0.6 is 0 Å². The molecule has 210 valence electrons. The van der Waals surface area contributed by atoms with E-state index in [-0.39, 0.29) is 23.0 Å². The monoisotopic (exact) mass is 541 g/mol. The van der Waals surface area contributed by atoms with E-state index in [9.17, 15) is 25.4 Å². The average Bonchev–Trinajstić information content (AvgIpc) is 3.35. The number of nitro benzene ring substituents is 1. The van der Waals surface area contributed by atoms with E-state index in [1.54, 1.807) is 18.2 Å². The summed E-state index contributed by atoms with van der Waals surface area (Å²) in [5, 5.41) is 31.1. The number of nitrogens with zero attached hydrogens (tertiary/aromatic N) is 3. The van der Waals surface area contributed by atoms with Crippen molar-refractivity contribution in [3.8, 4) is 23.3 Å². The number of hydrogen-bond acceptors (Lipinski definition) is 6. The number of fused-ring (bicyclic) bond motifs is 3. The van der Waals surface area contributed by atoms with Gasteiger partial charge in [-0.1, -0.05) is 115 Å². The van der Waals surface area contributed by atoms with E-state index < -0.39 is 16.6 Å². The molecule has 0 fully saturated rings. The lowest BCUT2D eigenvalue weighted by molar-refractivity contribution is -0.386. The normalized spacial score (nSPS) is 11.1. The van der Waals surface area contributed by atoms with Crippen LogP contribution in [0, 0.1) is 32.8 Å². The van der Waals surface area contributed by atoms with Crippen LogP contribution in [0.3, 0.4) is 0 Å².